The molecule has 1 N–H and O–H groups in total. The number of rotatable bonds is 3. The number of nitrogens with one attached hydrogen (secondary N) is 1. The molecule has 0 saturated carbocycles. The lowest BCUT2D eigenvalue weighted by atomic mass is 10.4. The van der Waals surface area contributed by atoms with Crippen LogP contribution in [0.1, 0.15) is 0 Å². The van der Waals surface area contributed by atoms with Gasteiger partial charge < -0.3 is 4.74 Å². The van der Waals surface area contributed by atoms with Crippen molar-refractivity contribution in [3.63, 3.8) is 0 Å². The minimum atomic E-state index is -3.69. The highest BCUT2D eigenvalue weighted by Crippen LogP contribution is 2.22. The molecule has 0 aliphatic carbocycles. The van der Waals surface area contributed by atoms with E-state index in [-0.39, 0.29) is 0 Å². The lowest BCUT2D eigenvalue weighted by Gasteiger charge is -2.31. The topological polar surface area (TPSA) is 82.8 Å². The third-order valence-electron chi connectivity index (χ3n) is 2.73. The number of hydrogen-bond acceptors (Lipinski definition) is 4. The van der Waals surface area contributed by atoms with Crippen molar-refractivity contribution in [1.29, 1.82) is 4.78 Å². The average molecular weight is 321 g/mol. The molecule has 20 heavy (non-hydrogen) atoms. The molecule has 0 aromatic heterocycles. The first-order valence-corrected chi connectivity index (χ1v) is 9.31. The van der Waals surface area contributed by atoms with Crippen LogP contribution in [0, 0.1) is 10.6 Å². The van der Waals surface area contributed by atoms with E-state index in [1.54, 1.807) is 4.31 Å². The predicted octanol–water partition coefficient (Wildman–Crippen LogP) is 1.49. The Kier molecular flexibility index (Phi) is 4.43. The Balaban J connectivity index is 2.57. The molecule has 1 heterocycles. The Morgan fingerprint density at radius 1 is 1.25 bits per heavy atom. The molecule has 112 valence electrons. The molecule has 1 fully saturated rings. The van der Waals surface area contributed by atoms with Crippen LogP contribution in [0.4, 0.5) is 4.39 Å². The Labute approximate surface area is 118 Å². The van der Waals surface area contributed by atoms with Gasteiger partial charge in [-0.05, 0) is 24.3 Å². The molecule has 2 rings (SSSR count). The van der Waals surface area contributed by atoms with E-state index in [0.29, 0.717) is 31.2 Å². The summed E-state index contributed by atoms with van der Waals surface area (Å²) in [4.78, 5) is 0.395. The van der Waals surface area contributed by atoms with E-state index >= 15 is 0 Å². The number of halogens is 1. The van der Waals surface area contributed by atoms with Crippen molar-refractivity contribution in [1.82, 2.24) is 4.31 Å². The Morgan fingerprint density at radius 3 is 2.30 bits per heavy atom. The third kappa shape index (κ3) is 3.54. The highest BCUT2D eigenvalue weighted by molar-refractivity contribution is 8.02. The summed E-state index contributed by atoms with van der Waals surface area (Å²) in [7, 11) is -6.51. The van der Waals surface area contributed by atoms with Gasteiger partial charge in [0.05, 0.1) is 19.5 Å². The number of ether oxygens (including phenoxy) is 1. The highest BCUT2D eigenvalue weighted by Gasteiger charge is 2.23. The molecule has 1 aliphatic rings. The van der Waals surface area contributed by atoms with Gasteiger partial charge in [-0.1, -0.05) is 0 Å². The maximum atomic E-state index is 13.0. The molecule has 6 nitrogen and oxygen atoms in total. The van der Waals surface area contributed by atoms with Crippen LogP contribution in [0.5, 0.6) is 0 Å². The Morgan fingerprint density at radius 2 is 1.80 bits per heavy atom. The smallest absolute Gasteiger partial charge is 0.258 e. The van der Waals surface area contributed by atoms with Crippen molar-refractivity contribution < 1.29 is 17.5 Å². The van der Waals surface area contributed by atoms with Gasteiger partial charge in [0.1, 0.15) is 5.82 Å². The fourth-order valence-corrected chi connectivity index (χ4v) is 5.65. The van der Waals surface area contributed by atoms with Gasteiger partial charge in [-0.2, -0.15) is 0 Å². The molecule has 9 heteroatoms. The molecule has 0 amide bonds. The maximum Gasteiger partial charge on any atom is 0.258 e. The van der Waals surface area contributed by atoms with E-state index in [2.05, 4.69) is 3.77 Å². The molecular weight excluding hydrogens is 305 g/mol. The minimum Gasteiger partial charge on any atom is -0.379 e. The van der Waals surface area contributed by atoms with Crippen molar-refractivity contribution in [3.05, 3.63) is 30.1 Å². The quantitative estimate of drug-likeness (QED) is 0.914. The summed E-state index contributed by atoms with van der Waals surface area (Å²) in [5.41, 5.74) is 0. The van der Waals surface area contributed by atoms with Crippen molar-refractivity contribution in [2.24, 2.45) is 3.77 Å². The van der Waals surface area contributed by atoms with Gasteiger partial charge in [0.15, 0.2) is 0 Å². The molecule has 0 radical (unpaired) electrons. The van der Waals surface area contributed by atoms with Crippen LogP contribution >= 0.6 is 0 Å². The normalized spacial score (nSPS) is 20.3. The van der Waals surface area contributed by atoms with Crippen molar-refractivity contribution in [2.75, 3.05) is 32.6 Å². The Hall–Kier alpha value is -1.03. The lowest BCUT2D eigenvalue weighted by Crippen LogP contribution is -2.40. The van der Waals surface area contributed by atoms with Gasteiger partial charge >= 0.3 is 0 Å². The number of sulfonamides is 1. The molecule has 0 bridgehead atoms. The molecule has 1 aliphatic heterocycles. The first-order valence-electron chi connectivity index (χ1n) is 5.92. The van der Waals surface area contributed by atoms with Crippen molar-refractivity contribution in [2.45, 2.75) is 4.90 Å². The van der Waals surface area contributed by atoms with E-state index < -0.39 is 25.6 Å². The maximum absolute atomic E-state index is 13.0. The Bertz CT molecular complexity index is 688. The number of nitrogens with zero attached hydrogens (tertiary/aromatic N) is 2. The molecule has 1 unspecified atom stereocenters. The summed E-state index contributed by atoms with van der Waals surface area (Å²) < 4.78 is 55.3. The van der Waals surface area contributed by atoms with Gasteiger partial charge in [-0.15, -0.1) is 3.77 Å². The van der Waals surface area contributed by atoms with Gasteiger partial charge in [-0.3, -0.25) is 4.78 Å². The van der Waals surface area contributed by atoms with Gasteiger partial charge in [0, 0.05) is 27.8 Å². The lowest BCUT2D eigenvalue weighted by molar-refractivity contribution is 0.0757. The third-order valence-corrected chi connectivity index (χ3v) is 6.72. The van der Waals surface area contributed by atoms with Crippen LogP contribution in [-0.4, -0.2) is 45.3 Å². The van der Waals surface area contributed by atoms with E-state index in [1.165, 1.54) is 24.3 Å². The first kappa shape index (κ1) is 15.4. The predicted molar refractivity (Wildman–Crippen MR) is 74.4 cm³/mol. The van der Waals surface area contributed by atoms with E-state index in [0.717, 1.165) is 6.26 Å². The van der Waals surface area contributed by atoms with Crippen LogP contribution in [-0.2, 0) is 24.6 Å². The molecule has 1 aromatic carbocycles. The zero-order valence-electron chi connectivity index (χ0n) is 11.0. The zero-order valence-corrected chi connectivity index (χ0v) is 12.6. The molecule has 0 spiro atoms. The summed E-state index contributed by atoms with van der Waals surface area (Å²) in [6, 6.07) is 5.26. The molecular formula is C11H16FN3O3S2. The van der Waals surface area contributed by atoms with E-state index in [9.17, 15) is 12.8 Å². The SMILES string of the molecule is CS(=O)(=O)N=S(=N)(c1ccc(F)cc1)N1CCOCC1. The van der Waals surface area contributed by atoms with Crippen LogP contribution in [0.3, 0.4) is 0 Å². The van der Waals surface area contributed by atoms with Gasteiger partial charge in [-0.25, -0.2) is 17.1 Å². The van der Waals surface area contributed by atoms with Crippen LogP contribution in [0.2, 0.25) is 0 Å². The average Bonchev–Trinajstić information content (AvgIpc) is 2.38. The summed E-state index contributed by atoms with van der Waals surface area (Å²) >= 11 is 0. The standard InChI is InChI=1S/C11H16FN3O3S2/c1-19(16,17)14-20(13,15-6-8-18-9-7-15)11-4-2-10(12)3-5-11/h2-5,13H,6-9H2,1H3. The van der Waals surface area contributed by atoms with E-state index in [4.69, 9.17) is 9.52 Å². The fraction of sp³-hybridized carbons (Fsp3) is 0.455. The summed E-state index contributed by atoms with van der Waals surface area (Å²) in [5, 5.41) is 0. The monoisotopic (exact) mass is 321 g/mol. The molecule has 1 aromatic rings. The number of morpholine rings is 1. The van der Waals surface area contributed by atoms with Gasteiger partial charge in [0.2, 0.25) is 0 Å². The molecule has 1 atom stereocenters. The van der Waals surface area contributed by atoms with Gasteiger partial charge in [0.25, 0.3) is 10.0 Å². The second-order valence-corrected chi connectivity index (χ2v) is 8.50. The second kappa shape index (κ2) is 5.76. The van der Waals surface area contributed by atoms with Crippen LogP contribution < -0.4 is 0 Å². The first-order chi connectivity index (χ1) is 9.31. The summed E-state index contributed by atoms with van der Waals surface area (Å²) in [5.74, 6) is -0.433. The zero-order chi connectivity index (χ0) is 14.8. The summed E-state index contributed by atoms with van der Waals surface area (Å²) in [6.45, 7) is 1.70. The van der Waals surface area contributed by atoms with Crippen molar-refractivity contribution >= 4 is 19.8 Å². The summed E-state index contributed by atoms with van der Waals surface area (Å²) in [6.07, 6.45) is 0.966. The van der Waals surface area contributed by atoms with Crippen LogP contribution in [0.25, 0.3) is 0 Å². The van der Waals surface area contributed by atoms with Crippen LogP contribution in [0.15, 0.2) is 32.9 Å². The number of hydrogen-bond donors (Lipinski definition) is 1. The number of benzene rings is 1. The minimum absolute atomic E-state index is 0.395. The molecule has 1 saturated heterocycles. The second-order valence-electron chi connectivity index (χ2n) is 4.35. The largest absolute Gasteiger partial charge is 0.379 e. The van der Waals surface area contributed by atoms with E-state index in [1.807, 2.05) is 0 Å². The van der Waals surface area contributed by atoms with Crippen molar-refractivity contribution in [3.8, 4) is 0 Å². The highest BCUT2D eigenvalue weighted by atomic mass is 32.3. The fourth-order valence-electron chi connectivity index (χ4n) is 1.87.